The van der Waals surface area contributed by atoms with Gasteiger partial charge in [0.1, 0.15) is 11.6 Å². The van der Waals surface area contributed by atoms with Crippen LogP contribution in [0.1, 0.15) is 0 Å². The monoisotopic (exact) mass is 252 g/mol. The summed E-state index contributed by atoms with van der Waals surface area (Å²) in [6.07, 6.45) is 3.42. The van der Waals surface area contributed by atoms with Gasteiger partial charge in [-0.3, -0.25) is 4.98 Å². The van der Waals surface area contributed by atoms with Crippen molar-refractivity contribution < 1.29 is 4.74 Å². The van der Waals surface area contributed by atoms with Crippen LogP contribution < -0.4 is 10.5 Å². The Balaban J connectivity index is 2.20. The van der Waals surface area contributed by atoms with Crippen LogP contribution in [0.2, 0.25) is 0 Å². The van der Waals surface area contributed by atoms with Gasteiger partial charge in [0, 0.05) is 23.3 Å². The van der Waals surface area contributed by atoms with Crippen molar-refractivity contribution in [2.24, 2.45) is 0 Å². The number of nitrogens with zero attached hydrogens (tertiary/aromatic N) is 3. The lowest BCUT2D eigenvalue weighted by Crippen LogP contribution is -1.98. The zero-order valence-corrected chi connectivity index (χ0v) is 10.4. The predicted octanol–water partition coefficient (Wildman–Crippen LogP) is 2.28. The van der Waals surface area contributed by atoms with Gasteiger partial charge in [-0.1, -0.05) is 0 Å². The molecule has 0 radical (unpaired) electrons. The van der Waals surface area contributed by atoms with Crippen LogP contribution in [0.5, 0.6) is 5.75 Å². The standard InChI is InChI=1S/C14H12N4O/c1-19-10-4-5-12-11(7-10)13(15)18-14(17-12)9-3-2-6-16-8-9/h2-8H,1H3,(H2,15,17,18). The Labute approximate surface area is 110 Å². The summed E-state index contributed by atoms with van der Waals surface area (Å²) in [5, 5.41) is 0.784. The molecule has 0 aliphatic carbocycles. The van der Waals surface area contributed by atoms with Gasteiger partial charge in [0.15, 0.2) is 5.82 Å². The Bertz CT molecular complexity index is 728. The molecule has 0 fully saturated rings. The van der Waals surface area contributed by atoms with E-state index in [1.807, 2.05) is 30.3 Å². The van der Waals surface area contributed by atoms with Gasteiger partial charge in [-0.05, 0) is 30.3 Å². The summed E-state index contributed by atoms with van der Waals surface area (Å²) < 4.78 is 5.17. The Kier molecular flexibility index (Phi) is 2.72. The number of benzene rings is 1. The number of nitrogens with two attached hydrogens (primary N) is 1. The van der Waals surface area contributed by atoms with Crippen molar-refractivity contribution in [1.82, 2.24) is 15.0 Å². The van der Waals surface area contributed by atoms with Gasteiger partial charge in [0.05, 0.1) is 12.6 Å². The number of nitrogen functional groups attached to an aromatic ring is 1. The van der Waals surface area contributed by atoms with E-state index < -0.39 is 0 Å². The maximum Gasteiger partial charge on any atom is 0.163 e. The minimum Gasteiger partial charge on any atom is -0.497 e. The highest BCUT2D eigenvalue weighted by Gasteiger charge is 2.08. The molecule has 0 amide bonds. The molecule has 0 saturated carbocycles. The van der Waals surface area contributed by atoms with Crippen molar-refractivity contribution in [3.63, 3.8) is 0 Å². The van der Waals surface area contributed by atoms with Gasteiger partial charge in [0.2, 0.25) is 0 Å². The average Bonchev–Trinajstić information content (AvgIpc) is 2.48. The van der Waals surface area contributed by atoms with Crippen LogP contribution in [-0.4, -0.2) is 22.1 Å². The minimum atomic E-state index is 0.433. The molecule has 0 bridgehead atoms. The number of anilines is 1. The first-order chi connectivity index (χ1) is 9.28. The van der Waals surface area contributed by atoms with Crippen molar-refractivity contribution in [3.05, 3.63) is 42.7 Å². The van der Waals surface area contributed by atoms with Crippen LogP contribution >= 0.6 is 0 Å². The number of methoxy groups -OCH3 is 1. The Morgan fingerprint density at radius 2 is 2.05 bits per heavy atom. The number of hydrogen-bond acceptors (Lipinski definition) is 5. The maximum absolute atomic E-state index is 5.99. The van der Waals surface area contributed by atoms with E-state index in [0.29, 0.717) is 11.6 Å². The Hall–Kier alpha value is -2.69. The second-order valence-electron chi connectivity index (χ2n) is 4.06. The lowest BCUT2D eigenvalue weighted by Gasteiger charge is -2.06. The largest absolute Gasteiger partial charge is 0.497 e. The Morgan fingerprint density at radius 3 is 2.79 bits per heavy atom. The summed E-state index contributed by atoms with van der Waals surface area (Å²) in [6, 6.07) is 9.29. The van der Waals surface area contributed by atoms with E-state index in [1.54, 1.807) is 19.5 Å². The molecule has 1 aromatic carbocycles. The van der Waals surface area contributed by atoms with Crippen molar-refractivity contribution >= 4 is 16.7 Å². The van der Waals surface area contributed by atoms with Crippen LogP contribution in [0.25, 0.3) is 22.3 Å². The van der Waals surface area contributed by atoms with Gasteiger partial charge >= 0.3 is 0 Å². The maximum atomic E-state index is 5.99. The van der Waals surface area contributed by atoms with E-state index in [-0.39, 0.29) is 0 Å². The molecule has 0 unspecified atom stereocenters. The number of fused-ring (bicyclic) bond motifs is 1. The first-order valence-electron chi connectivity index (χ1n) is 5.79. The number of ether oxygens (including phenoxy) is 1. The van der Waals surface area contributed by atoms with Crippen LogP contribution in [0.15, 0.2) is 42.7 Å². The van der Waals surface area contributed by atoms with E-state index in [1.165, 1.54) is 0 Å². The molecule has 0 atom stereocenters. The fraction of sp³-hybridized carbons (Fsp3) is 0.0714. The van der Waals surface area contributed by atoms with E-state index >= 15 is 0 Å². The molecule has 0 saturated heterocycles. The predicted molar refractivity (Wildman–Crippen MR) is 73.7 cm³/mol. The lowest BCUT2D eigenvalue weighted by molar-refractivity contribution is 0.415. The summed E-state index contributed by atoms with van der Waals surface area (Å²) in [4.78, 5) is 12.9. The molecule has 0 aliphatic heterocycles. The van der Waals surface area contributed by atoms with E-state index in [4.69, 9.17) is 10.5 Å². The number of hydrogen-bond donors (Lipinski definition) is 1. The zero-order chi connectivity index (χ0) is 13.2. The number of rotatable bonds is 2. The topological polar surface area (TPSA) is 73.9 Å². The summed E-state index contributed by atoms with van der Waals surface area (Å²) in [6.45, 7) is 0. The highest BCUT2D eigenvalue weighted by atomic mass is 16.5. The van der Waals surface area contributed by atoms with Gasteiger partial charge in [-0.15, -0.1) is 0 Å². The molecular weight excluding hydrogens is 240 g/mol. The van der Waals surface area contributed by atoms with Crippen molar-refractivity contribution in [2.75, 3.05) is 12.8 Å². The third-order valence-corrected chi connectivity index (χ3v) is 2.85. The second-order valence-corrected chi connectivity index (χ2v) is 4.06. The van der Waals surface area contributed by atoms with Crippen molar-refractivity contribution in [1.29, 1.82) is 0 Å². The summed E-state index contributed by atoms with van der Waals surface area (Å²) in [5.41, 5.74) is 7.62. The third-order valence-electron chi connectivity index (χ3n) is 2.85. The van der Waals surface area contributed by atoms with Crippen LogP contribution in [0.3, 0.4) is 0 Å². The number of aromatic nitrogens is 3. The molecular formula is C14H12N4O. The fourth-order valence-corrected chi connectivity index (χ4v) is 1.88. The summed E-state index contributed by atoms with van der Waals surface area (Å²) >= 11 is 0. The van der Waals surface area contributed by atoms with Crippen molar-refractivity contribution in [2.45, 2.75) is 0 Å². The molecule has 0 spiro atoms. The van der Waals surface area contributed by atoms with Crippen LogP contribution in [-0.2, 0) is 0 Å². The fourth-order valence-electron chi connectivity index (χ4n) is 1.88. The smallest absolute Gasteiger partial charge is 0.163 e. The molecule has 2 aromatic heterocycles. The van der Waals surface area contributed by atoms with E-state index in [2.05, 4.69) is 15.0 Å². The summed E-state index contributed by atoms with van der Waals surface area (Å²) in [5.74, 6) is 1.74. The van der Waals surface area contributed by atoms with E-state index in [0.717, 1.165) is 22.2 Å². The molecule has 19 heavy (non-hydrogen) atoms. The second kappa shape index (κ2) is 4.53. The van der Waals surface area contributed by atoms with Gasteiger partial charge in [-0.2, -0.15) is 0 Å². The molecule has 0 aliphatic rings. The van der Waals surface area contributed by atoms with Gasteiger partial charge in [-0.25, -0.2) is 9.97 Å². The highest BCUT2D eigenvalue weighted by molar-refractivity contribution is 5.90. The highest BCUT2D eigenvalue weighted by Crippen LogP contribution is 2.25. The van der Waals surface area contributed by atoms with Crippen LogP contribution in [0, 0.1) is 0 Å². The first-order valence-corrected chi connectivity index (χ1v) is 5.79. The molecule has 5 heteroatoms. The van der Waals surface area contributed by atoms with Crippen LogP contribution in [0.4, 0.5) is 5.82 Å². The van der Waals surface area contributed by atoms with Crippen molar-refractivity contribution in [3.8, 4) is 17.1 Å². The minimum absolute atomic E-state index is 0.433. The van der Waals surface area contributed by atoms with Gasteiger partial charge < -0.3 is 10.5 Å². The average molecular weight is 252 g/mol. The molecule has 2 N–H and O–H groups in total. The molecule has 3 aromatic rings. The molecule has 5 nitrogen and oxygen atoms in total. The SMILES string of the molecule is COc1ccc2nc(-c3cccnc3)nc(N)c2c1. The van der Waals surface area contributed by atoms with E-state index in [9.17, 15) is 0 Å². The Morgan fingerprint density at radius 1 is 1.16 bits per heavy atom. The summed E-state index contributed by atoms with van der Waals surface area (Å²) in [7, 11) is 1.61. The quantitative estimate of drug-likeness (QED) is 0.757. The number of pyridine rings is 1. The first kappa shape index (κ1) is 11.4. The lowest BCUT2D eigenvalue weighted by atomic mass is 10.2. The molecule has 3 rings (SSSR count). The molecule has 94 valence electrons. The zero-order valence-electron chi connectivity index (χ0n) is 10.4. The van der Waals surface area contributed by atoms with Gasteiger partial charge in [0.25, 0.3) is 0 Å². The third kappa shape index (κ3) is 2.06. The molecule has 2 heterocycles. The normalized spacial score (nSPS) is 10.6.